The standard InChI is InChI=1S/C22H29N3O3S/c1-3-27-20(26)22(11-13-28-19-8-5-4-6-9-19)10-7-12-25(17-22)16-18-14-23-21(29-2)24-15-18/h4-6,8-9,14-15H,3,7,10-13,16-17H2,1-2H3. The van der Waals surface area contributed by atoms with Crippen molar-refractivity contribution < 1.29 is 14.3 Å². The Kier molecular flexibility index (Phi) is 7.89. The van der Waals surface area contributed by atoms with Crippen LogP contribution in [0.1, 0.15) is 31.7 Å². The summed E-state index contributed by atoms with van der Waals surface area (Å²) in [5, 5.41) is 0.770. The van der Waals surface area contributed by atoms with Crippen molar-refractivity contribution >= 4 is 17.7 Å². The summed E-state index contributed by atoms with van der Waals surface area (Å²) in [6.45, 7) is 5.08. The van der Waals surface area contributed by atoms with E-state index in [4.69, 9.17) is 9.47 Å². The number of aromatic nitrogens is 2. The zero-order chi connectivity index (χ0) is 20.5. The summed E-state index contributed by atoms with van der Waals surface area (Å²) < 4.78 is 11.4. The van der Waals surface area contributed by atoms with Gasteiger partial charge in [-0.3, -0.25) is 9.69 Å². The van der Waals surface area contributed by atoms with E-state index in [2.05, 4.69) is 14.9 Å². The highest BCUT2D eigenvalue weighted by Gasteiger charge is 2.43. The molecule has 1 aromatic heterocycles. The molecule has 1 unspecified atom stereocenters. The topological polar surface area (TPSA) is 64.6 Å². The fourth-order valence-electron chi connectivity index (χ4n) is 3.79. The van der Waals surface area contributed by atoms with E-state index in [1.165, 1.54) is 11.8 Å². The highest BCUT2D eigenvalue weighted by Crippen LogP contribution is 2.36. The van der Waals surface area contributed by atoms with E-state index >= 15 is 0 Å². The van der Waals surface area contributed by atoms with Gasteiger partial charge in [0.05, 0.1) is 18.6 Å². The lowest BCUT2D eigenvalue weighted by atomic mass is 9.77. The number of para-hydroxylation sites is 1. The molecule has 1 aromatic carbocycles. The third-order valence-corrected chi connectivity index (χ3v) is 5.80. The molecule has 0 saturated carbocycles. The molecule has 1 aliphatic rings. The first-order valence-electron chi connectivity index (χ1n) is 10.1. The van der Waals surface area contributed by atoms with Crippen molar-refractivity contribution in [2.24, 2.45) is 5.41 Å². The Bertz CT molecular complexity index is 773. The van der Waals surface area contributed by atoms with Crippen LogP contribution in [-0.4, -0.2) is 53.4 Å². The molecule has 156 valence electrons. The van der Waals surface area contributed by atoms with E-state index < -0.39 is 5.41 Å². The van der Waals surface area contributed by atoms with E-state index in [1.807, 2.05) is 55.9 Å². The summed E-state index contributed by atoms with van der Waals surface area (Å²) in [6, 6.07) is 9.72. The second kappa shape index (κ2) is 10.6. The smallest absolute Gasteiger partial charge is 0.313 e. The van der Waals surface area contributed by atoms with E-state index in [1.54, 1.807) is 0 Å². The van der Waals surface area contributed by atoms with Gasteiger partial charge in [0.25, 0.3) is 0 Å². The molecule has 1 aliphatic heterocycles. The van der Waals surface area contributed by atoms with Gasteiger partial charge in [-0.15, -0.1) is 0 Å². The summed E-state index contributed by atoms with van der Waals surface area (Å²) in [7, 11) is 0. The second-order valence-corrected chi connectivity index (χ2v) is 8.08. The van der Waals surface area contributed by atoms with Gasteiger partial charge < -0.3 is 9.47 Å². The van der Waals surface area contributed by atoms with Gasteiger partial charge in [-0.25, -0.2) is 9.97 Å². The third kappa shape index (κ3) is 5.93. The molecule has 2 heterocycles. The largest absolute Gasteiger partial charge is 0.494 e. The molecule has 0 amide bonds. The quantitative estimate of drug-likeness (QED) is 0.350. The molecule has 6 nitrogen and oxygen atoms in total. The van der Waals surface area contributed by atoms with Crippen LogP contribution in [-0.2, 0) is 16.1 Å². The fourth-order valence-corrected chi connectivity index (χ4v) is 4.10. The average Bonchev–Trinajstić information content (AvgIpc) is 2.75. The normalized spacial score (nSPS) is 19.7. The van der Waals surface area contributed by atoms with Gasteiger partial charge in [0.1, 0.15) is 5.75 Å². The minimum absolute atomic E-state index is 0.115. The van der Waals surface area contributed by atoms with Gasteiger partial charge in [-0.05, 0) is 51.1 Å². The van der Waals surface area contributed by atoms with Crippen LogP contribution in [0, 0.1) is 5.41 Å². The van der Waals surface area contributed by atoms with Crippen LogP contribution in [0.25, 0.3) is 0 Å². The van der Waals surface area contributed by atoms with Gasteiger partial charge >= 0.3 is 5.97 Å². The Balaban J connectivity index is 1.66. The number of rotatable bonds is 9. The maximum absolute atomic E-state index is 12.9. The summed E-state index contributed by atoms with van der Waals surface area (Å²) in [4.78, 5) is 23.9. The Morgan fingerprint density at radius 3 is 2.69 bits per heavy atom. The van der Waals surface area contributed by atoms with Crippen molar-refractivity contribution in [1.29, 1.82) is 0 Å². The van der Waals surface area contributed by atoms with Crippen molar-refractivity contribution in [3.63, 3.8) is 0 Å². The first-order valence-corrected chi connectivity index (χ1v) is 11.3. The molecule has 0 spiro atoms. The zero-order valence-electron chi connectivity index (χ0n) is 17.2. The lowest BCUT2D eigenvalue weighted by Gasteiger charge is -2.41. The van der Waals surface area contributed by atoms with E-state index in [-0.39, 0.29) is 5.97 Å². The molecule has 29 heavy (non-hydrogen) atoms. The van der Waals surface area contributed by atoms with Crippen molar-refractivity contribution in [2.75, 3.05) is 32.6 Å². The number of carbonyl (C=O) groups excluding carboxylic acids is 1. The molecule has 0 radical (unpaired) electrons. The monoisotopic (exact) mass is 415 g/mol. The van der Waals surface area contributed by atoms with Crippen molar-refractivity contribution in [3.05, 3.63) is 48.3 Å². The summed E-state index contributed by atoms with van der Waals surface area (Å²) in [5.74, 6) is 0.709. The Morgan fingerprint density at radius 1 is 1.24 bits per heavy atom. The SMILES string of the molecule is CCOC(=O)C1(CCOc2ccccc2)CCCN(Cc2cnc(SC)nc2)C1. The molecule has 0 N–H and O–H groups in total. The van der Waals surface area contributed by atoms with Crippen LogP contribution < -0.4 is 4.74 Å². The number of benzene rings is 1. The molecule has 3 rings (SSSR count). The van der Waals surface area contributed by atoms with E-state index in [9.17, 15) is 4.79 Å². The third-order valence-electron chi connectivity index (χ3n) is 5.23. The van der Waals surface area contributed by atoms with Crippen LogP contribution in [0.5, 0.6) is 5.75 Å². The highest BCUT2D eigenvalue weighted by atomic mass is 32.2. The number of nitrogens with zero attached hydrogens (tertiary/aromatic N) is 3. The molecule has 7 heteroatoms. The summed E-state index contributed by atoms with van der Waals surface area (Å²) >= 11 is 1.53. The fraction of sp³-hybridized carbons (Fsp3) is 0.500. The lowest BCUT2D eigenvalue weighted by molar-refractivity contribution is -0.160. The lowest BCUT2D eigenvalue weighted by Crippen LogP contribution is -2.49. The number of hydrogen-bond donors (Lipinski definition) is 0. The van der Waals surface area contributed by atoms with Crippen molar-refractivity contribution in [3.8, 4) is 5.75 Å². The number of carbonyl (C=O) groups is 1. The molecule has 1 saturated heterocycles. The van der Waals surface area contributed by atoms with Crippen LogP contribution >= 0.6 is 11.8 Å². The summed E-state index contributed by atoms with van der Waals surface area (Å²) in [5.41, 5.74) is 0.520. The van der Waals surface area contributed by atoms with E-state index in [0.29, 0.717) is 26.2 Å². The molecule has 1 fully saturated rings. The van der Waals surface area contributed by atoms with Crippen LogP contribution in [0.3, 0.4) is 0 Å². The number of thioether (sulfide) groups is 1. The number of ether oxygens (including phenoxy) is 2. The maximum atomic E-state index is 12.9. The highest BCUT2D eigenvalue weighted by molar-refractivity contribution is 7.98. The number of esters is 1. The number of piperidine rings is 1. The second-order valence-electron chi connectivity index (χ2n) is 7.30. The molecule has 0 aliphatic carbocycles. The van der Waals surface area contributed by atoms with Crippen molar-refractivity contribution in [1.82, 2.24) is 14.9 Å². The minimum Gasteiger partial charge on any atom is -0.494 e. The Labute approximate surface area is 177 Å². The average molecular weight is 416 g/mol. The zero-order valence-corrected chi connectivity index (χ0v) is 18.0. The summed E-state index contributed by atoms with van der Waals surface area (Å²) in [6.07, 6.45) is 8.12. The van der Waals surface area contributed by atoms with Gasteiger partial charge in [0, 0.05) is 31.0 Å². The van der Waals surface area contributed by atoms with Gasteiger partial charge in [0.15, 0.2) is 5.16 Å². The van der Waals surface area contributed by atoms with Gasteiger partial charge in [0.2, 0.25) is 0 Å². The Morgan fingerprint density at radius 2 is 2.00 bits per heavy atom. The maximum Gasteiger partial charge on any atom is 0.313 e. The first kappa shape index (κ1) is 21.6. The predicted molar refractivity (Wildman–Crippen MR) is 114 cm³/mol. The van der Waals surface area contributed by atoms with Crippen LogP contribution in [0.2, 0.25) is 0 Å². The van der Waals surface area contributed by atoms with Crippen LogP contribution in [0.4, 0.5) is 0 Å². The minimum atomic E-state index is -0.539. The molecule has 1 atom stereocenters. The van der Waals surface area contributed by atoms with Gasteiger partial charge in [-0.2, -0.15) is 0 Å². The first-order chi connectivity index (χ1) is 14.1. The Hall–Kier alpha value is -2.12. The van der Waals surface area contributed by atoms with Crippen LogP contribution in [0.15, 0.2) is 47.9 Å². The van der Waals surface area contributed by atoms with Crippen molar-refractivity contribution in [2.45, 2.75) is 37.9 Å². The number of likely N-dealkylation sites (tertiary alicyclic amines) is 1. The molecular weight excluding hydrogens is 386 g/mol. The molecule has 0 bridgehead atoms. The number of hydrogen-bond acceptors (Lipinski definition) is 7. The van der Waals surface area contributed by atoms with E-state index in [0.717, 1.165) is 42.4 Å². The molecule has 2 aromatic rings. The van der Waals surface area contributed by atoms with Gasteiger partial charge in [-0.1, -0.05) is 30.0 Å². The predicted octanol–water partition coefficient (Wildman–Crippen LogP) is 3.81. The molecular formula is C22H29N3O3S.